The van der Waals surface area contributed by atoms with E-state index in [4.69, 9.17) is 5.11 Å². The molecule has 28 heavy (non-hydrogen) atoms. The molecule has 1 aliphatic heterocycles. The van der Waals surface area contributed by atoms with Crippen molar-refractivity contribution in [1.82, 2.24) is 4.90 Å². The minimum Gasteiger partial charge on any atom is -0.466 e. The van der Waals surface area contributed by atoms with Gasteiger partial charge < -0.3 is 20.1 Å². The Hall–Kier alpha value is -2.76. The Balaban J connectivity index is 2.56. The number of ether oxygens (including phenoxy) is 1. The third-order valence-corrected chi connectivity index (χ3v) is 3.87. The molecule has 0 aromatic heterocycles. The monoisotopic (exact) mass is 412 g/mol. The van der Waals surface area contributed by atoms with E-state index >= 15 is 0 Å². The van der Waals surface area contributed by atoms with Crippen LogP contribution in [0.1, 0.15) is 11.1 Å². The summed E-state index contributed by atoms with van der Waals surface area (Å²) in [6, 6.07) is 0.694. The van der Waals surface area contributed by atoms with Gasteiger partial charge in [-0.2, -0.15) is 26.3 Å². The smallest absolute Gasteiger partial charge is 0.418 e. The number of carbonyl (C=O) groups excluding carboxylic acids is 2. The van der Waals surface area contributed by atoms with Crippen LogP contribution in [0.25, 0.3) is 0 Å². The van der Waals surface area contributed by atoms with E-state index in [-0.39, 0.29) is 36.9 Å². The molecule has 0 atom stereocenters. The molecule has 2 N–H and O–H groups in total. The molecule has 154 valence electrons. The van der Waals surface area contributed by atoms with Crippen LogP contribution in [-0.4, -0.2) is 48.7 Å². The van der Waals surface area contributed by atoms with Crippen molar-refractivity contribution in [3.05, 3.63) is 40.6 Å². The van der Waals surface area contributed by atoms with Crippen LogP contribution in [-0.2, 0) is 26.7 Å². The van der Waals surface area contributed by atoms with Gasteiger partial charge in [0, 0.05) is 6.54 Å². The van der Waals surface area contributed by atoms with Gasteiger partial charge in [0.15, 0.2) is 0 Å². The van der Waals surface area contributed by atoms with Crippen LogP contribution in [0.3, 0.4) is 0 Å². The molecular formula is C16H14F6N2O4. The second kappa shape index (κ2) is 7.70. The van der Waals surface area contributed by atoms with Crippen molar-refractivity contribution in [2.45, 2.75) is 12.4 Å². The molecule has 6 nitrogen and oxygen atoms in total. The fraction of sp³-hybridized carbons (Fsp3) is 0.375. The summed E-state index contributed by atoms with van der Waals surface area (Å²) in [6.45, 7) is -1.11. The van der Waals surface area contributed by atoms with Crippen LogP contribution in [0.5, 0.6) is 0 Å². The third-order valence-electron chi connectivity index (χ3n) is 3.87. The fourth-order valence-corrected chi connectivity index (χ4v) is 2.55. The molecule has 0 spiro atoms. The fourth-order valence-electron chi connectivity index (χ4n) is 2.55. The highest BCUT2D eigenvalue weighted by Crippen LogP contribution is 2.40. The first-order chi connectivity index (χ1) is 12.9. The second-order valence-electron chi connectivity index (χ2n) is 5.68. The lowest BCUT2D eigenvalue weighted by molar-refractivity contribution is -0.140. The van der Waals surface area contributed by atoms with Gasteiger partial charge in [-0.25, -0.2) is 4.79 Å². The molecule has 1 aliphatic rings. The number of nitrogens with zero attached hydrogens (tertiary/aromatic N) is 1. The van der Waals surface area contributed by atoms with Crippen molar-refractivity contribution in [1.29, 1.82) is 0 Å². The van der Waals surface area contributed by atoms with Crippen molar-refractivity contribution >= 4 is 17.6 Å². The number of halogens is 6. The number of amides is 1. The summed E-state index contributed by atoms with van der Waals surface area (Å²) >= 11 is 0. The van der Waals surface area contributed by atoms with Crippen LogP contribution >= 0.6 is 0 Å². The van der Waals surface area contributed by atoms with Crippen LogP contribution in [0.15, 0.2) is 29.5 Å². The summed E-state index contributed by atoms with van der Waals surface area (Å²) in [6.07, 6.45) is -9.95. The summed E-state index contributed by atoms with van der Waals surface area (Å²) < 4.78 is 82.8. The topological polar surface area (TPSA) is 78.9 Å². The van der Waals surface area contributed by atoms with E-state index in [1.807, 2.05) is 5.32 Å². The Morgan fingerprint density at radius 1 is 1.21 bits per heavy atom. The number of alkyl halides is 6. The second-order valence-corrected chi connectivity index (χ2v) is 5.68. The molecule has 12 heteroatoms. The number of esters is 1. The number of rotatable bonds is 5. The van der Waals surface area contributed by atoms with Crippen molar-refractivity contribution < 1.29 is 45.8 Å². The van der Waals surface area contributed by atoms with E-state index < -0.39 is 53.3 Å². The van der Waals surface area contributed by atoms with E-state index in [2.05, 4.69) is 4.74 Å². The minimum absolute atomic E-state index is 0.201. The van der Waals surface area contributed by atoms with Crippen molar-refractivity contribution in [3.8, 4) is 0 Å². The molecule has 0 unspecified atom stereocenters. The van der Waals surface area contributed by atoms with Crippen LogP contribution in [0.4, 0.5) is 32.0 Å². The standard InChI is InChI=1S/C16H14F6N2O4/c1-28-14(27)9-7-24(4-5-25)13(26)12(9)23-11-6-8(15(17,18)19)2-3-10(11)16(20,21)22/h2-3,6,23,25H,4-5,7H2,1H3. The molecule has 1 aromatic carbocycles. The number of nitrogens with one attached hydrogen (secondary N) is 1. The van der Waals surface area contributed by atoms with Crippen molar-refractivity contribution in [3.63, 3.8) is 0 Å². The molecule has 1 amide bonds. The lowest BCUT2D eigenvalue weighted by Crippen LogP contribution is -2.31. The Morgan fingerprint density at radius 2 is 1.86 bits per heavy atom. The first-order valence-electron chi connectivity index (χ1n) is 7.67. The largest absolute Gasteiger partial charge is 0.466 e. The summed E-state index contributed by atoms with van der Waals surface area (Å²) in [5, 5.41) is 11.0. The molecule has 1 heterocycles. The first-order valence-corrected chi connectivity index (χ1v) is 7.67. The van der Waals surface area contributed by atoms with E-state index in [0.717, 1.165) is 12.0 Å². The number of aliphatic hydroxyl groups is 1. The number of benzene rings is 1. The highest BCUT2D eigenvalue weighted by Gasteiger charge is 2.40. The number of methoxy groups -OCH3 is 1. The Bertz CT molecular complexity index is 816. The maximum Gasteiger partial charge on any atom is 0.418 e. The number of anilines is 1. The lowest BCUT2D eigenvalue weighted by Gasteiger charge is -2.18. The highest BCUT2D eigenvalue weighted by molar-refractivity contribution is 6.08. The third kappa shape index (κ3) is 4.38. The number of carbonyl (C=O) groups is 2. The first kappa shape index (κ1) is 21.5. The number of aliphatic hydroxyl groups excluding tert-OH is 1. The molecule has 0 aliphatic carbocycles. The summed E-state index contributed by atoms with van der Waals surface area (Å²) in [5.41, 5.74) is -4.89. The molecule has 1 aromatic rings. The quantitative estimate of drug-likeness (QED) is 0.574. The van der Waals surface area contributed by atoms with Gasteiger partial charge >= 0.3 is 18.3 Å². The molecular weight excluding hydrogens is 398 g/mol. The van der Waals surface area contributed by atoms with E-state index in [9.17, 15) is 35.9 Å². The SMILES string of the molecule is COC(=O)C1=C(Nc2cc(C(F)(F)F)ccc2C(F)(F)F)C(=O)N(CCO)C1. The van der Waals surface area contributed by atoms with Gasteiger partial charge in [0.2, 0.25) is 0 Å². The van der Waals surface area contributed by atoms with E-state index in [0.29, 0.717) is 0 Å². The maximum absolute atomic E-state index is 13.2. The Morgan fingerprint density at radius 3 is 2.36 bits per heavy atom. The molecule has 0 radical (unpaired) electrons. The predicted octanol–water partition coefficient (Wildman–Crippen LogP) is 2.40. The molecule has 0 saturated carbocycles. The maximum atomic E-state index is 13.2. The number of β-amino-alcohol motifs (C(OH)–C–C–N with tert-alkyl or cyclic N) is 1. The van der Waals surface area contributed by atoms with Crippen LogP contribution in [0, 0.1) is 0 Å². The highest BCUT2D eigenvalue weighted by atomic mass is 19.4. The summed E-state index contributed by atoms with van der Waals surface area (Å²) in [7, 11) is 0.970. The van der Waals surface area contributed by atoms with Crippen LogP contribution < -0.4 is 5.32 Å². The molecule has 0 fully saturated rings. The lowest BCUT2D eigenvalue weighted by atomic mass is 10.1. The molecule has 0 bridgehead atoms. The van der Waals surface area contributed by atoms with Crippen LogP contribution in [0.2, 0.25) is 0 Å². The van der Waals surface area contributed by atoms with Gasteiger partial charge in [-0.1, -0.05) is 0 Å². The van der Waals surface area contributed by atoms with Gasteiger partial charge in [-0.15, -0.1) is 0 Å². The van der Waals surface area contributed by atoms with E-state index in [1.54, 1.807) is 0 Å². The number of hydrogen-bond acceptors (Lipinski definition) is 5. The van der Waals surface area contributed by atoms with Gasteiger partial charge in [0.05, 0.1) is 42.6 Å². The zero-order chi connectivity index (χ0) is 21.3. The zero-order valence-corrected chi connectivity index (χ0v) is 14.2. The van der Waals surface area contributed by atoms with Gasteiger partial charge in [-0.05, 0) is 18.2 Å². The normalized spacial score (nSPS) is 15.3. The minimum atomic E-state index is -5.02. The molecule has 2 rings (SSSR count). The van der Waals surface area contributed by atoms with E-state index in [1.165, 1.54) is 0 Å². The van der Waals surface area contributed by atoms with Crippen molar-refractivity contribution in [2.75, 3.05) is 32.1 Å². The van der Waals surface area contributed by atoms with Gasteiger partial charge in [0.25, 0.3) is 5.91 Å². The zero-order valence-electron chi connectivity index (χ0n) is 14.2. The Labute approximate surface area is 154 Å². The summed E-state index contributed by atoms with van der Waals surface area (Å²) in [4.78, 5) is 25.2. The van der Waals surface area contributed by atoms with Gasteiger partial charge in [0.1, 0.15) is 5.70 Å². The summed E-state index contributed by atoms with van der Waals surface area (Å²) in [5.74, 6) is -2.00. The predicted molar refractivity (Wildman–Crippen MR) is 82.8 cm³/mol. The average molecular weight is 412 g/mol. The average Bonchev–Trinajstić information content (AvgIpc) is 2.89. The Kier molecular flexibility index (Phi) is 5.92. The number of hydrogen-bond donors (Lipinski definition) is 2. The van der Waals surface area contributed by atoms with Gasteiger partial charge in [-0.3, -0.25) is 4.79 Å². The molecule has 0 saturated heterocycles. The van der Waals surface area contributed by atoms with Crippen molar-refractivity contribution in [2.24, 2.45) is 0 Å².